The first-order chi connectivity index (χ1) is 8.01. The van der Waals surface area contributed by atoms with Crippen LogP contribution in [0.1, 0.15) is 37.0 Å². The summed E-state index contributed by atoms with van der Waals surface area (Å²) in [6.07, 6.45) is 2.50. The van der Waals surface area contributed by atoms with Gasteiger partial charge in [-0.1, -0.05) is 43.2 Å². The summed E-state index contributed by atoms with van der Waals surface area (Å²) in [6, 6.07) is 6.91. The van der Waals surface area contributed by atoms with Gasteiger partial charge in [0.05, 0.1) is 0 Å². The molecule has 96 valence electrons. The van der Waals surface area contributed by atoms with E-state index in [1.807, 2.05) is 0 Å². The maximum Gasteiger partial charge on any atom is -0.00202 e. The predicted octanol–water partition coefficient (Wildman–Crippen LogP) is 3.73. The van der Waals surface area contributed by atoms with Gasteiger partial charge in [0.15, 0.2) is 0 Å². The molecule has 1 rings (SSSR count). The van der Waals surface area contributed by atoms with Crippen LogP contribution in [0.4, 0.5) is 0 Å². The molecule has 0 saturated heterocycles. The van der Waals surface area contributed by atoms with E-state index in [0.29, 0.717) is 0 Å². The summed E-state index contributed by atoms with van der Waals surface area (Å²) in [5.74, 6) is 1.53. The zero-order valence-electron chi connectivity index (χ0n) is 12.0. The number of hydrogen-bond acceptors (Lipinski definition) is 1. The fourth-order valence-electron chi connectivity index (χ4n) is 2.71. The zero-order chi connectivity index (χ0) is 12.8. The van der Waals surface area contributed by atoms with Gasteiger partial charge in [0, 0.05) is 0 Å². The van der Waals surface area contributed by atoms with Crippen LogP contribution in [0, 0.1) is 25.7 Å². The van der Waals surface area contributed by atoms with Crippen molar-refractivity contribution < 1.29 is 0 Å². The molecule has 0 aliphatic heterocycles. The second kappa shape index (κ2) is 6.80. The van der Waals surface area contributed by atoms with Crippen LogP contribution in [0.25, 0.3) is 0 Å². The lowest BCUT2D eigenvalue weighted by Crippen LogP contribution is -2.22. The molecule has 0 aliphatic carbocycles. The molecule has 0 aliphatic rings. The Hall–Kier alpha value is -0.820. The minimum atomic E-state index is 0.751. The second-order valence-corrected chi connectivity index (χ2v) is 5.75. The van der Waals surface area contributed by atoms with E-state index in [-0.39, 0.29) is 0 Å². The molecule has 0 amide bonds. The third-order valence-electron chi connectivity index (χ3n) is 3.10. The van der Waals surface area contributed by atoms with E-state index in [0.717, 1.165) is 18.4 Å². The Balaban J connectivity index is 2.70. The van der Waals surface area contributed by atoms with Crippen molar-refractivity contribution in [1.82, 2.24) is 5.32 Å². The molecule has 1 atom stereocenters. The van der Waals surface area contributed by atoms with Crippen LogP contribution in [0.15, 0.2) is 18.2 Å². The van der Waals surface area contributed by atoms with Gasteiger partial charge in [-0.05, 0) is 57.7 Å². The average molecular weight is 233 g/mol. The lowest BCUT2D eigenvalue weighted by molar-refractivity contribution is 0.395. The highest BCUT2D eigenvalue weighted by Crippen LogP contribution is 2.18. The van der Waals surface area contributed by atoms with Crippen molar-refractivity contribution in [2.24, 2.45) is 11.8 Å². The van der Waals surface area contributed by atoms with Crippen LogP contribution in [-0.4, -0.2) is 13.6 Å². The van der Waals surface area contributed by atoms with Gasteiger partial charge in [0.1, 0.15) is 0 Å². The van der Waals surface area contributed by atoms with Gasteiger partial charge in [-0.15, -0.1) is 0 Å². The molecular formula is C16H27N. The summed E-state index contributed by atoms with van der Waals surface area (Å²) in [7, 11) is 2.05. The molecule has 0 aromatic heterocycles. The SMILES string of the molecule is CNCC(Cc1cc(C)cc(C)c1)CC(C)C. The molecule has 0 fully saturated rings. The van der Waals surface area contributed by atoms with Crippen molar-refractivity contribution in [3.05, 3.63) is 34.9 Å². The van der Waals surface area contributed by atoms with Crippen molar-refractivity contribution in [3.8, 4) is 0 Å². The Labute approximate surface area is 107 Å². The summed E-state index contributed by atoms with van der Waals surface area (Å²) < 4.78 is 0. The third kappa shape index (κ3) is 5.36. The Morgan fingerprint density at radius 2 is 1.65 bits per heavy atom. The minimum absolute atomic E-state index is 0.751. The summed E-state index contributed by atoms with van der Waals surface area (Å²) in [5.41, 5.74) is 4.25. The minimum Gasteiger partial charge on any atom is -0.319 e. The molecule has 1 unspecified atom stereocenters. The van der Waals surface area contributed by atoms with Crippen molar-refractivity contribution >= 4 is 0 Å². The molecule has 0 saturated carbocycles. The van der Waals surface area contributed by atoms with Gasteiger partial charge in [-0.3, -0.25) is 0 Å². The topological polar surface area (TPSA) is 12.0 Å². The fraction of sp³-hybridized carbons (Fsp3) is 0.625. The molecular weight excluding hydrogens is 206 g/mol. The number of benzene rings is 1. The van der Waals surface area contributed by atoms with Crippen LogP contribution < -0.4 is 5.32 Å². The fourth-order valence-corrected chi connectivity index (χ4v) is 2.71. The van der Waals surface area contributed by atoms with E-state index in [1.54, 1.807) is 0 Å². The smallest absolute Gasteiger partial charge is 0.00202 e. The van der Waals surface area contributed by atoms with E-state index < -0.39 is 0 Å². The molecule has 0 heterocycles. The molecule has 1 aromatic carbocycles. The number of aryl methyl sites for hydroxylation is 2. The average Bonchev–Trinajstić information content (AvgIpc) is 2.14. The molecule has 0 bridgehead atoms. The Kier molecular flexibility index (Phi) is 5.70. The first-order valence-electron chi connectivity index (χ1n) is 6.73. The van der Waals surface area contributed by atoms with Gasteiger partial charge in [0.25, 0.3) is 0 Å². The number of rotatable bonds is 6. The first kappa shape index (κ1) is 14.2. The highest BCUT2D eigenvalue weighted by atomic mass is 14.8. The Morgan fingerprint density at radius 3 is 2.12 bits per heavy atom. The highest BCUT2D eigenvalue weighted by Gasteiger charge is 2.11. The highest BCUT2D eigenvalue weighted by molar-refractivity contribution is 5.28. The predicted molar refractivity (Wildman–Crippen MR) is 76.5 cm³/mol. The normalized spacial score (nSPS) is 13.1. The van der Waals surface area contributed by atoms with Gasteiger partial charge in [-0.25, -0.2) is 0 Å². The van der Waals surface area contributed by atoms with Gasteiger partial charge < -0.3 is 5.32 Å². The summed E-state index contributed by atoms with van der Waals surface area (Å²) in [6.45, 7) is 10.1. The largest absolute Gasteiger partial charge is 0.319 e. The van der Waals surface area contributed by atoms with Crippen LogP contribution in [0.3, 0.4) is 0 Å². The third-order valence-corrected chi connectivity index (χ3v) is 3.10. The first-order valence-corrected chi connectivity index (χ1v) is 6.73. The lowest BCUT2D eigenvalue weighted by Gasteiger charge is -2.19. The number of nitrogens with one attached hydrogen (secondary N) is 1. The molecule has 0 spiro atoms. The van der Waals surface area contributed by atoms with Crippen LogP contribution >= 0.6 is 0 Å². The molecule has 0 radical (unpaired) electrons. The van der Waals surface area contributed by atoms with Gasteiger partial charge in [-0.2, -0.15) is 0 Å². The van der Waals surface area contributed by atoms with Gasteiger partial charge >= 0.3 is 0 Å². The zero-order valence-corrected chi connectivity index (χ0v) is 12.0. The Morgan fingerprint density at radius 1 is 1.06 bits per heavy atom. The maximum atomic E-state index is 3.32. The van der Waals surface area contributed by atoms with E-state index in [4.69, 9.17) is 0 Å². The van der Waals surface area contributed by atoms with Crippen LogP contribution in [-0.2, 0) is 6.42 Å². The molecule has 1 nitrogen and oxygen atoms in total. The quantitative estimate of drug-likeness (QED) is 0.789. The summed E-state index contributed by atoms with van der Waals surface area (Å²) in [5, 5.41) is 3.32. The van der Waals surface area contributed by atoms with Gasteiger partial charge in [0.2, 0.25) is 0 Å². The van der Waals surface area contributed by atoms with E-state index >= 15 is 0 Å². The van der Waals surface area contributed by atoms with E-state index in [2.05, 4.69) is 58.3 Å². The Bertz CT molecular complexity index is 321. The lowest BCUT2D eigenvalue weighted by atomic mass is 9.90. The van der Waals surface area contributed by atoms with Crippen molar-refractivity contribution in [1.29, 1.82) is 0 Å². The second-order valence-electron chi connectivity index (χ2n) is 5.75. The summed E-state index contributed by atoms with van der Waals surface area (Å²) in [4.78, 5) is 0. The van der Waals surface area contributed by atoms with Crippen LogP contribution in [0.5, 0.6) is 0 Å². The molecule has 17 heavy (non-hydrogen) atoms. The molecule has 1 heteroatoms. The number of hydrogen-bond donors (Lipinski definition) is 1. The standard InChI is InChI=1S/C16H27N/c1-12(2)6-16(11-17-5)10-15-8-13(3)7-14(4)9-15/h7-9,12,16-17H,6,10-11H2,1-5H3. The maximum absolute atomic E-state index is 3.32. The monoisotopic (exact) mass is 233 g/mol. The van der Waals surface area contributed by atoms with E-state index in [9.17, 15) is 0 Å². The molecule has 1 N–H and O–H groups in total. The molecule has 1 aromatic rings. The summed E-state index contributed by atoms with van der Waals surface area (Å²) >= 11 is 0. The van der Waals surface area contributed by atoms with E-state index in [1.165, 1.54) is 29.5 Å². The van der Waals surface area contributed by atoms with Crippen molar-refractivity contribution in [2.45, 2.75) is 40.5 Å². The van der Waals surface area contributed by atoms with Crippen molar-refractivity contribution in [2.75, 3.05) is 13.6 Å². The van der Waals surface area contributed by atoms with Crippen molar-refractivity contribution in [3.63, 3.8) is 0 Å². The van der Waals surface area contributed by atoms with Crippen LogP contribution in [0.2, 0.25) is 0 Å².